The van der Waals surface area contributed by atoms with Crippen molar-refractivity contribution in [2.45, 2.75) is 6.42 Å². The third kappa shape index (κ3) is 3.52. The number of pyridine rings is 1. The van der Waals surface area contributed by atoms with Crippen molar-refractivity contribution >= 4 is 11.7 Å². The molecule has 1 amide bonds. The van der Waals surface area contributed by atoms with Crippen molar-refractivity contribution in [3.63, 3.8) is 0 Å². The van der Waals surface area contributed by atoms with E-state index in [0.717, 1.165) is 12.3 Å². The van der Waals surface area contributed by atoms with E-state index in [1.54, 1.807) is 0 Å². The van der Waals surface area contributed by atoms with Gasteiger partial charge in [0.2, 0.25) is 0 Å². The summed E-state index contributed by atoms with van der Waals surface area (Å²) in [6, 6.07) is 2.42. The summed E-state index contributed by atoms with van der Waals surface area (Å²) in [6.45, 7) is 0.216. The van der Waals surface area contributed by atoms with Gasteiger partial charge in [0.25, 0.3) is 5.91 Å². The Labute approximate surface area is 91.0 Å². The minimum Gasteiger partial charge on any atom is -0.409 e. The average Bonchev–Trinajstić information content (AvgIpc) is 2.29. The van der Waals surface area contributed by atoms with Crippen molar-refractivity contribution in [2.24, 2.45) is 10.9 Å². The van der Waals surface area contributed by atoms with E-state index in [4.69, 9.17) is 10.9 Å². The fraction of sp³-hybridized carbons (Fsp3) is 0.222. The van der Waals surface area contributed by atoms with Crippen molar-refractivity contribution in [2.75, 3.05) is 6.54 Å². The van der Waals surface area contributed by atoms with Gasteiger partial charge in [0.1, 0.15) is 17.3 Å². The molecule has 1 rings (SSSR count). The maximum Gasteiger partial charge on any atom is 0.269 e. The standard InChI is InChI=1S/C9H11FN4O2/c10-6-1-2-7(13-5-6)9(15)12-4-3-8(11)14-16/h1-2,5,16H,3-4H2,(H2,11,14)(H,12,15). The van der Waals surface area contributed by atoms with Crippen molar-refractivity contribution in [3.8, 4) is 0 Å². The highest BCUT2D eigenvalue weighted by atomic mass is 19.1. The molecule has 1 heterocycles. The lowest BCUT2D eigenvalue weighted by molar-refractivity contribution is 0.0949. The predicted octanol–water partition coefficient (Wildman–Crippen LogP) is 0.0870. The zero-order chi connectivity index (χ0) is 12.0. The van der Waals surface area contributed by atoms with Crippen LogP contribution in [0.5, 0.6) is 0 Å². The van der Waals surface area contributed by atoms with Crippen LogP contribution in [0.1, 0.15) is 16.9 Å². The lowest BCUT2D eigenvalue weighted by Crippen LogP contribution is -2.28. The summed E-state index contributed by atoms with van der Waals surface area (Å²) in [6.07, 6.45) is 1.18. The molecular formula is C9H11FN4O2. The molecule has 0 fully saturated rings. The highest BCUT2D eigenvalue weighted by Gasteiger charge is 2.06. The van der Waals surface area contributed by atoms with Gasteiger partial charge in [-0.2, -0.15) is 0 Å². The van der Waals surface area contributed by atoms with Crippen LogP contribution in [0.4, 0.5) is 4.39 Å². The lowest BCUT2D eigenvalue weighted by atomic mass is 10.3. The summed E-state index contributed by atoms with van der Waals surface area (Å²) in [4.78, 5) is 15.0. The second kappa shape index (κ2) is 5.64. The quantitative estimate of drug-likeness (QED) is 0.293. The molecule has 7 heteroatoms. The van der Waals surface area contributed by atoms with E-state index in [0.29, 0.717) is 0 Å². The van der Waals surface area contributed by atoms with E-state index in [1.165, 1.54) is 6.07 Å². The van der Waals surface area contributed by atoms with Gasteiger partial charge in [0, 0.05) is 13.0 Å². The van der Waals surface area contributed by atoms with Gasteiger partial charge in [-0.3, -0.25) is 4.79 Å². The summed E-state index contributed by atoms with van der Waals surface area (Å²) in [5, 5.41) is 13.5. The number of amides is 1. The summed E-state index contributed by atoms with van der Waals surface area (Å²) in [5.41, 5.74) is 5.31. The maximum atomic E-state index is 12.5. The number of nitrogens with one attached hydrogen (secondary N) is 1. The number of oxime groups is 1. The Morgan fingerprint density at radius 1 is 1.62 bits per heavy atom. The Morgan fingerprint density at radius 3 is 2.94 bits per heavy atom. The first-order valence-electron chi connectivity index (χ1n) is 4.49. The van der Waals surface area contributed by atoms with Crippen LogP contribution in [-0.4, -0.2) is 28.5 Å². The number of nitrogens with zero attached hydrogens (tertiary/aromatic N) is 2. The molecule has 0 aliphatic rings. The Morgan fingerprint density at radius 2 is 2.38 bits per heavy atom. The van der Waals surface area contributed by atoms with Crippen molar-refractivity contribution in [1.82, 2.24) is 10.3 Å². The molecule has 4 N–H and O–H groups in total. The summed E-state index contributed by atoms with van der Waals surface area (Å²) in [7, 11) is 0. The molecule has 0 unspecified atom stereocenters. The van der Waals surface area contributed by atoms with Crippen molar-refractivity contribution in [3.05, 3.63) is 29.8 Å². The average molecular weight is 226 g/mol. The smallest absolute Gasteiger partial charge is 0.269 e. The first-order valence-corrected chi connectivity index (χ1v) is 4.49. The van der Waals surface area contributed by atoms with Crippen LogP contribution in [0.2, 0.25) is 0 Å². The Kier molecular flexibility index (Phi) is 4.19. The van der Waals surface area contributed by atoms with Crippen LogP contribution in [-0.2, 0) is 0 Å². The molecule has 0 atom stereocenters. The number of hydrogen-bond acceptors (Lipinski definition) is 4. The molecule has 1 aromatic heterocycles. The van der Waals surface area contributed by atoms with E-state index in [2.05, 4.69) is 15.5 Å². The Balaban J connectivity index is 2.44. The molecule has 0 aromatic carbocycles. The lowest BCUT2D eigenvalue weighted by Gasteiger charge is -2.03. The molecular weight excluding hydrogens is 215 g/mol. The van der Waals surface area contributed by atoms with Gasteiger partial charge in [0.15, 0.2) is 0 Å². The molecule has 0 radical (unpaired) electrons. The minimum atomic E-state index is -0.506. The first-order chi connectivity index (χ1) is 7.63. The maximum absolute atomic E-state index is 12.5. The zero-order valence-corrected chi connectivity index (χ0v) is 8.35. The monoisotopic (exact) mass is 226 g/mol. The molecule has 0 saturated carbocycles. The summed E-state index contributed by atoms with van der Waals surface area (Å²) in [5.74, 6) is -0.925. The predicted molar refractivity (Wildman–Crippen MR) is 54.6 cm³/mol. The third-order valence-corrected chi connectivity index (χ3v) is 1.76. The zero-order valence-electron chi connectivity index (χ0n) is 8.35. The van der Waals surface area contributed by atoms with Crippen LogP contribution >= 0.6 is 0 Å². The highest BCUT2D eigenvalue weighted by molar-refractivity contribution is 5.92. The molecule has 0 aliphatic heterocycles. The summed E-state index contributed by atoms with van der Waals surface area (Å²) >= 11 is 0. The Hall–Kier alpha value is -2.18. The van der Waals surface area contributed by atoms with E-state index < -0.39 is 11.7 Å². The molecule has 0 bridgehead atoms. The largest absolute Gasteiger partial charge is 0.409 e. The molecule has 0 aliphatic carbocycles. The number of carbonyl (C=O) groups is 1. The van der Waals surface area contributed by atoms with Gasteiger partial charge in [-0.25, -0.2) is 9.37 Å². The molecule has 0 saturated heterocycles. The van der Waals surface area contributed by atoms with E-state index in [9.17, 15) is 9.18 Å². The van der Waals surface area contributed by atoms with Gasteiger partial charge < -0.3 is 16.3 Å². The van der Waals surface area contributed by atoms with E-state index >= 15 is 0 Å². The number of carbonyl (C=O) groups excluding carboxylic acids is 1. The minimum absolute atomic E-state index is 0.0207. The van der Waals surface area contributed by atoms with Crippen molar-refractivity contribution in [1.29, 1.82) is 0 Å². The fourth-order valence-corrected chi connectivity index (χ4v) is 0.955. The summed E-state index contributed by atoms with van der Waals surface area (Å²) < 4.78 is 12.5. The topological polar surface area (TPSA) is 101 Å². The molecule has 16 heavy (non-hydrogen) atoms. The van der Waals surface area contributed by atoms with Gasteiger partial charge >= 0.3 is 0 Å². The molecule has 86 valence electrons. The van der Waals surface area contributed by atoms with Crippen LogP contribution in [0.25, 0.3) is 0 Å². The SMILES string of the molecule is N/C(CCNC(=O)c1ccc(F)cn1)=N/O. The molecule has 6 nitrogen and oxygen atoms in total. The number of nitrogens with two attached hydrogens (primary N) is 1. The molecule has 1 aromatic rings. The number of halogens is 1. The number of hydrogen-bond donors (Lipinski definition) is 3. The second-order valence-electron chi connectivity index (χ2n) is 2.96. The Bertz CT molecular complexity index is 391. The van der Waals surface area contributed by atoms with Crippen molar-refractivity contribution < 1.29 is 14.4 Å². The van der Waals surface area contributed by atoms with Crippen LogP contribution < -0.4 is 11.1 Å². The van der Waals surface area contributed by atoms with Gasteiger partial charge in [-0.05, 0) is 12.1 Å². The number of rotatable bonds is 4. The third-order valence-electron chi connectivity index (χ3n) is 1.76. The van der Waals surface area contributed by atoms with Gasteiger partial charge in [-0.1, -0.05) is 5.16 Å². The van der Waals surface area contributed by atoms with E-state index in [1.807, 2.05) is 0 Å². The normalized spacial score (nSPS) is 11.2. The van der Waals surface area contributed by atoms with E-state index in [-0.39, 0.29) is 24.5 Å². The number of aromatic nitrogens is 1. The highest BCUT2D eigenvalue weighted by Crippen LogP contribution is 1.97. The van der Waals surface area contributed by atoms with Gasteiger partial charge in [-0.15, -0.1) is 0 Å². The van der Waals surface area contributed by atoms with Crippen LogP contribution in [0, 0.1) is 5.82 Å². The fourth-order valence-electron chi connectivity index (χ4n) is 0.955. The first kappa shape index (κ1) is 11.9. The second-order valence-corrected chi connectivity index (χ2v) is 2.96. The van der Waals surface area contributed by atoms with Crippen LogP contribution in [0.15, 0.2) is 23.5 Å². The van der Waals surface area contributed by atoms with Crippen LogP contribution in [0.3, 0.4) is 0 Å². The number of amidine groups is 1. The van der Waals surface area contributed by atoms with Gasteiger partial charge in [0.05, 0.1) is 6.20 Å². The molecule has 0 spiro atoms.